The first-order valence-electron chi connectivity index (χ1n) is 15.3. The Labute approximate surface area is 253 Å². The standard InChI is InChI=1S/C33H33FN8O2/c1-2-24-26(34)6-5-21-15-23(43)16-22(27(21)24)18-41-20-37-29-28-25(17-36-31(29)41)30(40-13-9-35-10-14-40)39-32(38-28)44-19-33-7-3-11-42(33)12-4-8-33/h1,5-6,15-17,20,35,43H,3-4,7-14,18-19H2. The molecule has 224 valence electrons. The number of piperazine rings is 1. The van der Waals surface area contributed by atoms with Gasteiger partial charge in [-0.05, 0) is 67.9 Å². The molecule has 5 aromatic rings. The van der Waals surface area contributed by atoms with Crippen molar-refractivity contribution in [1.29, 1.82) is 0 Å². The van der Waals surface area contributed by atoms with E-state index in [0.29, 0.717) is 45.6 Å². The van der Waals surface area contributed by atoms with Gasteiger partial charge in [-0.25, -0.2) is 14.4 Å². The van der Waals surface area contributed by atoms with Crippen LogP contribution in [-0.2, 0) is 6.54 Å². The summed E-state index contributed by atoms with van der Waals surface area (Å²) in [4.78, 5) is 24.3. The number of terminal acetylenes is 1. The zero-order chi connectivity index (χ0) is 29.8. The molecule has 3 aliphatic heterocycles. The van der Waals surface area contributed by atoms with Crippen molar-refractivity contribution in [3.8, 4) is 24.1 Å². The van der Waals surface area contributed by atoms with Gasteiger partial charge < -0.3 is 24.6 Å². The number of phenols is 1. The number of aromatic nitrogens is 5. The Morgan fingerprint density at radius 2 is 1.86 bits per heavy atom. The van der Waals surface area contributed by atoms with Crippen LogP contribution in [0.5, 0.6) is 11.8 Å². The highest BCUT2D eigenvalue weighted by Crippen LogP contribution is 2.39. The van der Waals surface area contributed by atoms with Gasteiger partial charge >= 0.3 is 6.01 Å². The number of hydrogen-bond donors (Lipinski definition) is 2. The summed E-state index contributed by atoms with van der Waals surface area (Å²) >= 11 is 0. The van der Waals surface area contributed by atoms with Gasteiger partial charge in [-0.1, -0.05) is 12.0 Å². The van der Waals surface area contributed by atoms with Gasteiger partial charge in [0.25, 0.3) is 0 Å². The van der Waals surface area contributed by atoms with Crippen molar-refractivity contribution in [1.82, 2.24) is 34.7 Å². The van der Waals surface area contributed by atoms with E-state index in [1.54, 1.807) is 30.7 Å². The highest BCUT2D eigenvalue weighted by Gasteiger charge is 2.45. The summed E-state index contributed by atoms with van der Waals surface area (Å²) in [6, 6.07) is 6.50. The second kappa shape index (κ2) is 10.6. The molecule has 0 spiro atoms. The molecule has 8 rings (SSSR count). The van der Waals surface area contributed by atoms with Crippen molar-refractivity contribution in [3.63, 3.8) is 0 Å². The third kappa shape index (κ3) is 4.40. The predicted molar refractivity (Wildman–Crippen MR) is 167 cm³/mol. The quantitative estimate of drug-likeness (QED) is 0.285. The third-order valence-electron chi connectivity index (χ3n) is 9.57. The molecule has 0 atom stereocenters. The largest absolute Gasteiger partial charge is 0.508 e. The van der Waals surface area contributed by atoms with Crippen LogP contribution in [0.3, 0.4) is 0 Å². The van der Waals surface area contributed by atoms with Crippen LogP contribution in [0.25, 0.3) is 32.8 Å². The molecular formula is C33H33FN8O2. The van der Waals surface area contributed by atoms with Crippen molar-refractivity contribution in [2.45, 2.75) is 37.8 Å². The number of benzene rings is 2. The lowest BCUT2D eigenvalue weighted by Crippen LogP contribution is -2.44. The van der Waals surface area contributed by atoms with E-state index in [2.05, 4.69) is 21.0 Å². The van der Waals surface area contributed by atoms with Gasteiger partial charge in [0.1, 0.15) is 35.0 Å². The number of ether oxygens (including phenoxy) is 1. The van der Waals surface area contributed by atoms with E-state index in [-0.39, 0.29) is 23.4 Å². The zero-order valence-corrected chi connectivity index (χ0v) is 24.4. The lowest BCUT2D eigenvalue weighted by atomic mass is 9.95. The molecule has 44 heavy (non-hydrogen) atoms. The summed E-state index contributed by atoms with van der Waals surface area (Å²) in [6.45, 7) is 6.45. The van der Waals surface area contributed by atoms with Gasteiger partial charge in [0.2, 0.25) is 0 Å². The van der Waals surface area contributed by atoms with Gasteiger partial charge in [0.15, 0.2) is 5.65 Å². The number of pyridine rings is 1. The summed E-state index contributed by atoms with van der Waals surface area (Å²) in [5, 5.41) is 15.9. The number of nitrogens with one attached hydrogen (secondary N) is 1. The highest BCUT2D eigenvalue weighted by atomic mass is 19.1. The number of fused-ring (bicyclic) bond motifs is 5. The van der Waals surface area contributed by atoms with Crippen LogP contribution in [0.4, 0.5) is 10.2 Å². The van der Waals surface area contributed by atoms with Crippen LogP contribution in [-0.4, -0.2) is 85.9 Å². The molecule has 6 heterocycles. The molecule has 11 heteroatoms. The van der Waals surface area contributed by atoms with Crippen molar-refractivity contribution in [2.24, 2.45) is 0 Å². The van der Waals surface area contributed by atoms with Crippen LogP contribution in [0.1, 0.15) is 36.8 Å². The van der Waals surface area contributed by atoms with E-state index in [1.165, 1.54) is 18.9 Å². The Morgan fingerprint density at radius 3 is 2.66 bits per heavy atom. The van der Waals surface area contributed by atoms with E-state index in [4.69, 9.17) is 31.1 Å². The number of phenolic OH excluding ortho intramolecular Hbond substituents is 1. The lowest BCUT2D eigenvalue weighted by Gasteiger charge is -2.32. The average Bonchev–Trinajstić information content (AvgIpc) is 3.75. The van der Waals surface area contributed by atoms with Crippen LogP contribution < -0.4 is 15.0 Å². The molecule has 2 N–H and O–H groups in total. The van der Waals surface area contributed by atoms with E-state index < -0.39 is 5.82 Å². The summed E-state index contributed by atoms with van der Waals surface area (Å²) in [5.41, 5.74) is 2.82. The topological polar surface area (TPSA) is 104 Å². The first-order chi connectivity index (χ1) is 21.5. The van der Waals surface area contributed by atoms with Crippen LogP contribution in [0, 0.1) is 18.2 Å². The van der Waals surface area contributed by atoms with Crippen molar-refractivity contribution in [2.75, 3.05) is 50.8 Å². The number of hydrogen-bond acceptors (Lipinski definition) is 9. The molecule has 3 fully saturated rings. The van der Waals surface area contributed by atoms with E-state index >= 15 is 0 Å². The molecule has 3 aliphatic rings. The maximum Gasteiger partial charge on any atom is 0.319 e. The number of aromatic hydroxyl groups is 1. The molecule has 0 unspecified atom stereocenters. The Bertz CT molecular complexity index is 1950. The smallest absolute Gasteiger partial charge is 0.319 e. The summed E-state index contributed by atoms with van der Waals surface area (Å²) in [7, 11) is 0. The molecule has 10 nitrogen and oxygen atoms in total. The van der Waals surface area contributed by atoms with Crippen molar-refractivity contribution >= 4 is 38.7 Å². The SMILES string of the molecule is C#Cc1c(F)ccc2cc(O)cc(Cn3cnc4c5nc(OCC67CCCN6CCC7)nc(N6CCNCC6)c5cnc43)c12. The molecule has 0 aliphatic carbocycles. The Balaban J connectivity index is 1.22. The molecule has 0 bridgehead atoms. The first-order valence-corrected chi connectivity index (χ1v) is 15.3. The zero-order valence-electron chi connectivity index (χ0n) is 24.4. The van der Waals surface area contributed by atoms with Gasteiger partial charge in [-0.2, -0.15) is 9.97 Å². The molecular weight excluding hydrogens is 559 g/mol. The first kappa shape index (κ1) is 27.0. The number of halogens is 1. The minimum Gasteiger partial charge on any atom is -0.508 e. The highest BCUT2D eigenvalue weighted by molar-refractivity contribution is 6.04. The molecule has 0 amide bonds. The Hall–Kier alpha value is -4.53. The van der Waals surface area contributed by atoms with Crippen molar-refractivity contribution in [3.05, 3.63) is 53.7 Å². The van der Waals surface area contributed by atoms with Crippen LogP contribution in [0.2, 0.25) is 0 Å². The summed E-state index contributed by atoms with van der Waals surface area (Å²) in [5.74, 6) is 2.88. The van der Waals surface area contributed by atoms with Crippen LogP contribution >= 0.6 is 0 Å². The lowest BCUT2D eigenvalue weighted by molar-refractivity contribution is 0.108. The fraction of sp³-hybridized carbons (Fsp3) is 0.394. The second-order valence-corrected chi connectivity index (χ2v) is 12.1. The molecule has 2 aromatic carbocycles. The number of anilines is 1. The van der Waals surface area contributed by atoms with Gasteiger partial charge in [-0.15, -0.1) is 6.42 Å². The second-order valence-electron chi connectivity index (χ2n) is 12.1. The predicted octanol–water partition coefficient (Wildman–Crippen LogP) is 3.82. The molecule has 3 saturated heterocycles. The maximum absolute atomic E-state index is 14.7. The van der Waals surface area contributed by atoms with E-state index in [0.717, 1.165) is 63.3 Å². The maximum atomic E-state index is 14.7. The summed E-state index contributed by atoms with van der Waals surface area (Å²) < 4.78 is 23.0. The fourth-order valence-corrected chi connectivity index (χ4v) is 7.46. The minimum atomic E-state index is -0.478. The van der Waals surface area contributed by atoms with E-state index in [9.17, 15) is 9.50 Å². The van der Waals surface area contributed by atoms with Crippen molar-refractivity contribution < 1.29 is 14.2 Å². The minimum absolute atomic E-state index is 0.0719. The summed E-state index contributed by atoms with van der Waals surface area (Å²) in [6.07, 6.45) is 13.9. The van der Waals surface area contributed by atoms with Gasteiger partial charge in [0.05, 0.1) is 29.4 Å². The number of rotatable bonds is 6. The van der Waals surface area contributed by atoms with Gasteiger partial charge in [-0.3, -0.25) is 4.90 Å². The number of nitrogens with zero attached hydrogens (tertiary/aromatic N) is 7. The van der Waals surface area contributed by atoms with Crippen LogP contribution in [0.15, 0.2) is 36.8 Å². The molecule has 3 aromatic heterocycles. The van der Waals surface area contributed by atoms with E-state index in [1.807, 2.05) is 4.57 Å². The third-order valence-corrected chi connectivity index (χ3v) is 9.57. The monoisotopic (exact) mass is 592 g/mol. The number of imidazole rings is 1. The fourth-order valence-electron chi connectivity index (χ4n) is 7.46. The Morgan fingerprint density at radius 1 is 1.05 bits per heavy atom. The Kier molecular flexibility index (Phi) is 6.50. The molecule has 0 radical (unpaired) electrons. The normalized spacial score (nSPS) is 18.3. The van der Waals surface area contributed by atoms with Gasteiger partial charge in [0, 0.05) is 37.8 Å². The average molecular weight is 593 g/mol. The molecule has 0 saturated carbocycles.